The quantitative estimate of drug-likeness (QED) is 0.637. The Kier molecular flexibility index (Phi) is 5.96. The smallest absolute Gasteiger partial charge is 0.191 e. The lowest BCUT2D eigenvalue weighted by atomic mass is 10.1. The molecule has 8 heteroatoms. The summed E-state index contributed by atoms with van der Waals surface area (Å²) in [7, 11) is 3.61. The highest BCUT2D eigenvalue weighted by molar-refractivity contribution is 6.41. The predicted molar refractivity (Wildman–Crippen MR) is 93.3 cm³/mol. The van der Waals surface area contributed by atoms with E-state index in [2.05, 4.69) is 20.8 Å². The lowest BCUT2D eigenvalue weighted by Crippen LogP contribution is -2.38. The first-order valence-electron chi connectivity index (χ1n) is 7.30. The molecule has 2 aromatic rings. The van der Waals surface area contributed by atoms with Crippen LogP contribution in [-0.4, -0.2) is 29.3 Å². The van der Waals surface area contributed by atoms with Crippen molar-refractivity contribution in [1.29, 1.82) is 0 Å². The van der Waals surface area contributed by atoms with Crippen molar-refractivity contribution in [3.8, 4) is 0 Å². The van der Waals surface area contributed by atoms with Gasteiger partial charge >= 0.3 is 0 Å². The van der Waals surface area contributed by atoms with Gasteiger partial charge in [0.2, 0.25) is 0 Å². The minimum absolute atomic E-state index is 0.532. The summed E-state index contributed by atoms with van der Waals surface area (Å²) in [5, 5.41) is 11.5. The van der Waals surface area contributed by atoms with E-state index >= 15 is 0 Å². The predicted octanol–water partition coefficient (Wildman–Crippen LogP) is 2.84. The van der Waals surface area contributed by atoms with Crippen LogP contribution in [0.2, 0.25) is 10.2 Å². The van der Waals surface area contributed by atoms with Gasteiger partial charge in [0.05, 0.1) is 17.3 Å². The van der Waals surface area contributed by atoms with Crippen LogP contribution in [0, 0.1) is 13.8 Å². The summed E-state index contributed by atoms with van der Waals surface area (Å²) < 4.78 is 7.00. The minimum Gasteiger partial charge on any atom is -0.361 e. The van der Waals surface area contributed by atoms with E-state index in [9.17, 15) is 0 Å². The topological polar surface area (TPSA) is 67.4 Å². The Morgan fingerprint density at radius 1 is 1.35 bits per heavy atom. The summed E-state index contributed by atoms with van der Waals surface area (Å²) >= 11 is 12.1. The second-order valence-corrected chi connectivity index (χ2v) is 6.00. The van der Waals surface area contributed by atoms with Crippen LogP contribution >= 0.6 is 23.2 Å². The summed E-state index contributed by atoms with van der Waals surface area (Å²) in [6.07, 6.45) is 0.823. The van der Waals surface area contributed by atoms with Gasteiger partial charge in [-0.25, -0.2) is 0 Å². The second kappa shape index (κ2) is 7.75. The molecule has 0 aromatic carbocycles. The highest BCUT2D eigenvalue weighted by atomic mass is 35.5. The van der Waals surface area contributed by atoms with Crippen molar-refractivity contribution < 1.29 is 4.52 Å². The highest BCUT2D eigenvalue weighted by Crippen LogP contribution is 2.24. The molecule has 6 nitrogen and oxygen atoms in total. The molecule has 0 amide bonds. The molecule has 2 rings (SSSR count). The average Bonchev–Trinajstić information content (AvgIpc) is 2.98. The SMILES string of the molecule is CN=C(NCCc1c(C)noc1C)NCc1cc(Cl)c(Cl)n1C. The summed E-state index contributed by atoms with van der Waals surface area (Å²) in [5.74, 6) is 1.57. The molecule has 2 aromatic heterocycles. The Morgan fingerprint density at radius 3 is 2.61 bits per heavy atom. The summed E-state index contributed by atoms with van der Waals surface area (Å²) in [6.45, 7) is 5.18. The maximum atomic E-state index is 6.06. The van der Waals surface area contributed by atoms with Crippen molar-refractivity contribution in [2.24, 2.45) is 12.0 Å². The van der Waals surface area contributed by atoms with E-state index in [1.165, 1.54) is 0 Å². The number of nitrogens with one attached hydrogen (secondary N) is 2. The first-order chi connectivity index (χ1) is 10.9. The van der Waals surface area contributed by atoms with Crippen LogP contribution in [0.15, 0.2) is 15.6 Å². The molecule has 126 valence electrons. The van der Waals surface area contributed by atoms with Crippen molar-refractivity contribution in [2.45, 2.75) is 26.8 Å². The molecule has 0 unspecified atom stereocenters. The molecule has 0 saturated carbocycles. The Hall–Kier alpha value is -1.66. The number of hydrogen-bond acceptors (Lipinski definition) is 3. The molecule has 0 spiro atoms. The van der Waals surface area contributed by atoms with E-state index in [0.29, 0.717) is 22.7 Å². The van der Waals surface area contributed by atoms with Crippen molar-refractivity contribution >= 4 is 29.2 Å². The number of hydrogen-bond donors (Lipinski definition) is 2. The van der Waals surface area contributed by atoms with Gasteiger partial charge in [-0.15, -0.1) is 0 Å². The van der Waals surface area contributed by atoms with E-state index in [-0.39, 0.29) is 0 Å². The third-order valence-corrected chi connectivity index (χ3v) is 4.57. The zero-order chi connectivity index (χ0) is 17.0. The van der Waals surface area contributed by atoms with Crippen LogP contribution in [0.1, 0.15) is 22.7 Å². The third-order valence-electron chi connectivity index (χ3n) is 3.72. The summed E-state index contributed by atoms with van der Waals surface area (Å²) in [4.78, 5) is 4.21. The Balaban J connectivity index is 1.85. The fourth-order valence-electron chi connectivity index (χ4n) is 2.32. The van der Waals surface area contributed by atoms with Crippen molar-refractivity contribution in [1.82, 2.24) is 20.4 Å². The van der Waals surface area contributed by atoms with Crippen molar-refractivity contribution in [2.75, 3.05) is 13.6 Å². The van der Waals surface area contributed by atoms with Crippen molar-refractivity contribution in [3.63, 3.8) is 0 Å². The van der Waals surface area contributed by atoms with Gasteiger partial charge in [-0.1, -0.05) is 28.4 Å². The number of nitrogens with zero attached hydrogens (tertiary/aromatic N) is 3. The van der Waals surface area contributed by atoms with Crippen LogP contribution in [0.3, 0.4) is 0 Å². The molecule has 0 fully saturated rings. The van der Waals surface area contributed by atoms with Crippen molar-refractivity contribution in [3.05, 3.63) is 39.0 Å². The standard InChI is InChI=1S/C15H21Cl2N5O/c1-9-12(10(2)23-21-9)5-6-19-15(18-3)20-8-11-7-13(16)14(17)22(11)4/h7H,5-6,8H2,1-4H3,(H2,18,19,20). The van der Waals surface area contributed by atoms with E-state index in [1.807, 2.05) is 31.5 Å². The molecule has 2 heterocycles. The number of halogens is 2. The van der Waals surface area contributed by atoms with Gasteiger partial charge in [-0.05, 0) is 26.3 Å². The average molecular weight is 358 g/mol. The number of aliphatic imine (C=N–C) groups is 1. The molecule has 0 aliphatic heterocycles. The fraction of sp³-hybridized carbons (Fsp3) is 0.467. The monoisotopic (exact) mass is 357 g/mol. The van der Waals surface area contributed by atoms with Crippen LogP contribution in [0.25, 0.3) is 0 Å². The van der Waals surface area contributed by atoms with E-state index in [4.69, 9.17) is 27.7 Å². The second-order valence-electron chi connectivity index (χ2n) is 5.24. The van der Waals surface area contributed by atoms with Gasteiger partial charge < -0.3 is 19.7 Å². The van der Waals surface area contributed by atoms with Gasteiger partial charge in [0, 0.05) is 31.9 Å². The first kappa shape index (κ1) is 17.7. The molecule has 23 heavy (non-hydrogen) atoms. The van der Waals surface area contributed by atoms with Crippen LogP contribution in [-0.2, 0) is 20.0 Å². The molecule has 2 N–H and O–H groups in total. The van der Waals surface area contributed by atoms with Gasteiger partial charge in [0.1, 0.15) is 10.9 Å². The highest BCUT2D eigenvalue weighted by Gasteiger charge is 2.10. The van der Waals surface area contributed by atoms with Gasteiger partial charge in [0.25, 0.3) is 0 Å². The van der Waals surface area contributed by atoms with E-state index < -0.39 is 0 Å². The lowest BCUT2D eigenvalue weighted by molar-refractivity contribution is 0.392. The van der Waals surface area contributed by atoms with E-state index in [1.54, 1.807) is 7.05 Å². The Morgan fingerprint density at radius 2 is 2.09 bits per heavy atom. The maximum absolute atomic E-state index is 6.06. The van der Waals surface area contributed by atoms with Crippen LogP contribution in [0.4, 0.5) is 0 Å². The molecule has 0 aliphatic carbocycles. The summed E-state index contributed by atoms with van der Waals surface area (Å²) in [6, 6.07) is 1.84. The zero-order valence-electron chi connectivity index (χ0n) is 13.7. The number of aromatic nitrogens is 2. The minimum atomic E-state index is 0.532. The van der Waals surface area contributed by atoms with Crippen LogP contribution < -0.4 is 10.6 Å². The molecule has 0 aliphatic rings. The zero-order valence-corrected chi connectivity index (χ0v) is 15.2. The number of aryl methyl sites for hydroxylation is 2. The number of guanidine groups is 1. The first-order valence-corrected chi connectivity index (χ1v) is 8.05. The van der Waals surface area contributed by atoms with E-state index in [0.717, 1.165) is 35.7 Å². The fourth-order valence-corrected chi connectivity index (χ4v) is 2.73. The third kappa shape index (κ3) is 4.20. The summed E-state index contributed by atoms with van der Waals surface area (Å²) in [5.41, 5.74) is 3.04. The normalized spacial score (nSPS) is 11.8. The molecule has 0 bridgehead atoms. The maximum Gasteiger partial charge on any atom is 0.191 e. The molecular weight excluding hydrogens is 337 g/mol. The largest absolute Gasteiger partial charge is 0.361 e. The van der Waals surface area contributed by atoms with Gasteiger partial charge in [0.15, 0.2) is 5.96 Å². The Labute approximate surface area is 145 Å². The molecule has 0 atom stereocenters. The lowest BCUT2D eigenvalue weighted by Gasteiger charge is -2.12. The van der Waals surface area contributed by atoms with Gasteiger partial charge in [-0.3, -0.25) is 4.99 Å². The van der Waals surface area contributed by atoms with Crippen LogP contribution in [0.5, 0.6) is 0 Å². The molecule has 0 saturated heterocycles. The Bertz CT molecular complexity index is 686. The molecule has 0 radical (unpaired) electrons. The van der Waals surface area contributed by atoms with Gasteiger partial charge in [-0.2, -0.15) is 0 Å². The number of rotatable bonds is 5. The molecular formula is C15H21Cl2N5O.